The Kier molecular flexibility index (Phi) is 4.51. The van der Waals surface area contributed by atoms with Gasteiger partial charge in [0, 0.05) is 11.6 Å². The van der Waals surface area contributed by atoms with Crippen molar-refractivity contribution >= 4 is 17.8 Å². The highest BCUT2D eigenvalue weighted by atomic mass is 19.1. The quantitative estimate of drug-likeness (QED) is 0.702. The van der Waals surface area contributed by atoms with E-state index in [1.807, 2.05) is 5.32 Å². The smallest absolute Gasteiger partial charge is 0.305 e. The second kappa shape index (κ2) is 5.89. The molecular weight excluding hydrogens is 262 g/mol. The summed E-state index contributed by atoms with van der Waals surface area (Å²) in [7, 11) is 0. The second-order valence-corrected chi connectivity index (χ2v) is 3.68. The molecule has 0 aliphatic heterocycles. The molecule has 0 fully saturated rings. The van der Waals surface area contributed by atoms with Gasteiger partial charge in [0.15, 0.2) is 0 Å². The summed E-state index contributed by atoms with van der Waals surface area (Å²) in [5, 5.41) is 10.5. The van der Waals surface area contributed by atoms with E-state index in [0.29, 0.717) is 6.07 Å². The first kappa shape index (κ1) is 14.6. The van der Waals surface area contributed by atoms with Gasteiger partial charge < -0.3 is 16.2 Å². The second-order valence-electron chi connectivity index (χ2n) is 3.68. The number of nitrogens with one attached hydrogen (secondary N) is 1. The third-order valence-electron chi connectivity index (χ3n) is 2.15. The summed E-state index contributed by atoms with van der Waals surface area (Å²) in [5.41, 5.74) is 4.53. The maximum absolute atomic E-state index is 12.9. The Balaban J connectivity index is 2.87. The number of primary amides is 1. The molecule has 0 aliphatic carbocycles. The summed E-state index contributed by atoms with van der Waals surface area (Å²) < 4.78 is 25.8. The lowest BCUT2D eigenvalue weighted by atomic mass is 10.1. The van der Waals surface area contributed by atoms with Crippen molar-refractivity contribution in [1.82, 2.24) is 5.32 Å². The Hall–Kier alpha value is -2.51. The predicted octanol–water partition coefficient (Wildman–Crippen LogP) is 0.0232. The van der Waals surface area contributed by atoms with Gasteiger partial charge in [0.25, 0.3) is 5.91 Å². The van der Waals surface area contributed by atoms with Crippen LogP contribution in [0.25, 0.3) is 0 Å². The largest absolute Gasteiger partial charge is 0.481 e. The van der Waals surface area contributed by atoms with Gasteiger partial charge >= 0.3 is 5.97 Å². The Morgan fingerprint density at radius 2 is 1.74 bits per heavy atom. The Bertz CT molecular complexity index is 513. The van der Waals surface area contributed by atoms with Crippen LogP contribution in [0.3, 0.4) is 0 Å². The van der Waals surface area contributed by atoms with E-state index in [0.717, 1.165) is 12.1 Å². The third-order valence-corrected chi connectivity index (χ3v) is 2.15. The minimum Gasteiger partial charge on any atom is -0.481 e. The number of amides is 2. The lowest BCUT2D eigenvalue weighted by Gasteiger charge is -2.13. The molecule has 0 saturated heterocycles. The fourth-order valence-corrected chi connectivity index (χ4v) is 1.32. The van der Waals surface area contributed by atoms with E-state index < -0.39 is 41.9 Å². The number of carbonyl (C=O) groups is 3. The minimum absolute atomic E-state index is 0.380. The van der Waals surface area contributed by atoms with Crippen LogP contribution in [0.1, 0.15) is 16.8 Å². The molecule has 1 atom stereocenters. The lowest BCUT2D eigenvalue weighted by molar-refractivity contribution is -0.139. The minimum atomic E-state index is -1.46. The topological polar surface area (TPSA) is 109 Å². The summed E-state index contributed by atoms with van der Waals surface area (Å²) >= 11 is 0. The summed E-state index contributed by atoms with van der Waals surface area (Å²) in [4.78, 5) is 33.0. The first-order valence-electron chi connectivity index (χ1n) is 5.07. The van der Waals surface area contributed by atoms with Gasteiger partial charge in [-0.15, -0.1) is 0 Å². The molecule has 0 radical (unpaired) electrons. The van der Waals surface area contributed by atoms with Gasteiger partial charge in [-0.1, -0.05) is 0 Å². The highest BCUT2D eigenvalue weighted by molar-refractivity contribution is 5.98. The van der Waals surface area contributed by atoms with Gasteiger partial charge in [0.2, 0.25) is 5.91 Å². The summed E-state index contributed by atoms with van der Waals surface area (Å²) in [6.45, 7) is 0. The first-order valence-corrected chi connectivity index (χ1v) is 5.07. The average molecular weight is 272 g/mol. The van der Waals surface area contributed by atoms with Gasteiger partial charge in [0.05, 0.1) is 6.42 Å². The number of halogens is 2. The zero-order valence-electron chi connectivity index (χ0n) is 9.52. The van der Waals surface area contributed by atoms with Crippen LogP contribution in [0.2, 0.25) is 0 Å². The molecule has 4 N–H and O–H groups in total. The van der Waals surface area contributed by atoms with E-state index in [2.05, 4.69) is 0 Å². The first-order chi connectivity index (χ1) is 8.79. The SMILES string of the molecule is NC(=O)[C@@H](CC(=O)O)NC(=O)c1cc(F)cc(F)c1. The van der Waals surface area contributed by atoms with Crippen molar-refractivity contribution in [2.75, 3.05) is 0 Å². The molecule has 19 heavy (non-hydrogen) atoms. The van der Waals surface area contributed by atoms with Gasteiger partial charge in [0.1, 0.15) is 17.7 Å². The monoisotopic (exact) mass is 272 g/mol. The number of benzene rings is 1. The zero-order valence-corrected chi connectivity index (χ0v) is 9.52. The van der Waals surface area contributed by atoms with Crippen molar-refractivity contribution in [3.8, 4) is 0 Å². The molecule has 0 bridgehead atoms. The van der Waals surface area contributed by atoms with Crippen LogP contribution in [-0.2, 0) is 9.59 Å². The third kappa shape index (κ3) is 4.34. The maximum atomic E-state index is 12.9. The van der Waals surface area contributed by atoms with E-state index in [9.17, 15) is 23.2 Å². The number of nitrogens with two attached hydrogens (primary N) is 1. The summed E-state index contributed by atoms with van der Waals surface area (Å²) in [5.74, 6) is -5.36. The maximum Gasteiger partial charge on any atom is 0.305 e. The van der Waals surface area contributed by atoms with Crippen LogP contribution in [0.4, 0.5) is 8.78 Å². The molecule has 6 nitrogen and oxygen atoms in total. The molecule has 1 rings (SSSR count). The molecule has 1 aromatic rings. The fraction of sp³-hybridized carbons (Fsp3) is 0.182. The number of carbonyl (C=O) groups excluding carboxylic acids is 2. The van der Waals surface area contributed by atoms with E-state index in [-0.39, 0.29) is 5.56 Å². The molecule has 0 saturated carbocycles. The molecule has 0 heterocycles. The molecule has 0 spiro atoms. The Morgan fingerprint density at radius 3 is 2.16 bits per heavy atom. The van der Waals surface area contributed by atoms with E-state index in [1.54, 1.807) is 0 Å². The summed E-state index contributed by atoms with van der Waals surface area (Å²) in [6.07, 6.45) is -0.723. The van der Waals surface area contributed by atoms with Crippen molar-refractivity contribution < 1.29 is 28.3 Å². The van der Waals surface area contributed by atoms with Gasteiger partial charge in [-0.25, -0.2) is 8.78 Å². The molecule has 0 unspecified atom stereocenters. The number of carboxylic acids is 1. The molecule has 0 aliphatic rings. The van der Waals surface area contributed by atoms with Crippen molar-refractivity contribution in [2.24, 2.45) is 5.73 Å². The highest BCUT2D eigenvalue weighted by Gasteiger charge is 2.22. The number of carboxylic acid groups (broad SMARTS) is 1. The van der Waals surface area contributed by atoms with Crippen LogP contribution >= 0.6 is 0 Å². The predicted molar refractivity (Wildman–Crippen MR) is 59.1 cm³/mol. The van der Waals surface area contributed by atoms with Gasteiger partial charge in [-0.05, 0) is 12.1 Å². The normalized spacial score (nSPS) is 11.7. The molecule has 0 aromatic heterocycles. The number of aliphatic carboxylic acids is 1. The zero-order chi connectivity index (χ0) is 14.6. The molecule has 1 aromatic carbocycles. The van der Waals surface area contributed by atoms with Crippen LogP contribution in [0.15, 0.2) is 18.2 Å². The van der Waals surface area contributed by atoms with Crippen LogP contribution in [0, 0.1) is 11.6 Å². The lowest BCUT2D eigenvalue weighted by Crippen LogP contribution is -2.45. The number of hydrogen-bond donors (Lipinski definition) is 3. The molecule has 102 valence electrons. The number of hydrogen-bond acceptors (Lipinski definition) is 3. The molecule has 2 amide bonds. The molecule has 8 heteroatoms. The van der Waals surface area contributed by atoms with Crippen molar-refractivity contribution in [3.63, 3.8) is 0 Å². The van der Waals surface area contributed by atoms with Crippen LogP contribution in [-0.4, -0.2) is 28.9 Å². The summed E-state index contributed by atoms with van der Waals surface area (Å²) in [6, 6.07) is 0.602. The van der Waals surface area contributed by atoms with E-state index in [1.165, 1.54) is 0 Å². The fourth-order valence-electron chi connectivity index (χ4n) is 1.32. The van der Waals surface area contributed by atoms with Crippen molar-refractivity contribution in [3.05, 3.63) is 35.4 Å². The molecular formula is C11H10F2N2O4. The average Bonchev–Trinajstić information content (AvgIpc) is 2.25. The Morgan fingerprint density at radius 1 is 1.21 bits per heavy atom. The highest BCUT2D eigenvalue weighted by Crippen LogP contribution is 2.08. The Labute approximate surface area is 106 Å². The van der Waals surface area contributed by atoms with Crippen LogP contribution in [0.5, 0.6) is 0 Å². The van der Waals surface area contributed by atoms with E-state index >= 15 is 0 Å². The van der Waals surface area contributed by atoms with Crippen molar-refractivity contribution in [1.29, 1.82) is 0 Å². The standard InChI is InChI=1S/C11H10F2N2O4/c12-6-1-5(2-7(13)3-6)11(19)15-8(10(14)18)4-9(16)17/h1-3,8H,4H2,(H2,14,18)(H,15,19)(H,16,17)/t8-/m1/s1. The van der Waals surface area contributed by atoms with Crippen LogP contribution < -0.4 is 11.1 Å². The number of rotatable bonds is 5. The van der Waals surface area contributed by atoms with Gasteiger partial charge in [-0.2, -0.15) is 0 Å². The van der Waals surface area contributed by atoms with E-state index in [4.69, 9.17) is 10.8 Å². The van der Waals surface area contributed by atoms with Gasteiger partial charge in [-0.3, -0.25) is 14.4 Å². The van der Waals surface area contributed by atoms with Crippen molar-refractivity contribution in [2.45, 2.75) is 12.5 Å².